The van der Waals surface area contributed by atoms with Crippen LogP contribution < -0.4 is 15.0 Å². The van der Waals surface area contributed by atoms with Crippen LogP contribution in [-0.2, 0) is 14.4 Å². The molecule has 0 aliphatic carbocycles. The lowest BCUT2D eigenvalue weighted by molar-refractivity contribution is -0.121. The molecule has 0 saturated heterocycles. The van der Waals surface area contributed by atoms with Crippen LogP contribution in [0.1, 0.15) is 25.8 Å². The molecule has 0 unspecified atom stereocenters. The van der Waals surface area contributed by atoms with Crippen molar-refractivity contribution in [1.82, 2.24) is 0 Å². The number of benzene rings is 2. The van der Waals surface area contributed by atoms with Gasteiger partial charge in [0.05, 0.1) is 17.9 Å². The first kappa shape index (κ1) is 19.2. The van der Waals surface area contributed by atoms with Crippen molar-refractivity contribution in [1.29, 1.82) is 0 Å². The molecular formula is C21H20N2O5. The zero-order chi connectivity index (χ0) is 20.3. The molecule has 1 aliphatic heterocycles. The summed E-state index contributed by atoms with van der Waals surface area (Å²) in [5.41, 5.74) is 1.11. The fourth-order valence-electron chi connectivity index (χ4n) is 2.90. The molecule has 7 heteroatoms. The number of hydrogen-bond donors (Lipinski definition) is 2. The Labute approximate surface area is 162 Å². The summed E-state index contributed by atoms with van der Waals surface area (Å²) >= 11 is 0. The molecule has 2 aromatic carbocycles. The molecule has 0 saturated carbocycles. The van der Waals surface area contributed by atoms with Crippen molar-refractivity contribution in [3.8, 4) is 5.75 Å². The van der Waals surface area contributed by atoms with Gasteiger partial charge >= 0.3 is 5.91 Å². The zero-order valence-electron chi connectivity index (χ0n) is 15.6. The third kappa shape index (κ3) is 3.59. The fraction of sp³-hybridized carbons (Fsp3) is 0.190. The molecule has 28 heavy (non-hydrogen) atoms. The van der Waals surface area contributed by atoms with Crippen molar-refractivity contribution >= 4 is 34.7 Å². The normalized spacial score (nSPS) is 13.9. The molecule has 144 valence electrons. The summed E-state index contributed by atoms with van der Waals surface area (Å²) in [6.07, 6.45) is 0.769. The van der Waals surface area contributed by atoms with E-state index < -0.39 is 17.6 Å². The molecular weight excluding hydrogens is 360 g/mol. The Morgan fingerprint density at radius 1 is 1.07 bits per heavy atom. The van der Waals surface area contributed by atoms with Gasteiger partial charge in [0.25, 0.3) is 5.91 Å². The van der Waals surface area contributed by atoms with Gasteiger partial charge in [-0.3, -0.25) is 14.4 Å². The topological polar surface area (TPSA) is 95.9 Å². The second-order valence-corrected chi connectivity index (χ2v) is 6.24. The maximum atomic E-state index is 13.0. The summed E-state index contributed by atoms with van der Waals surface area (Å²) in [5.74, 6) is -1.90. The molecule has 1 heterocycles. The van der Waals surface area contributed by atoms with Crippen LogP contribution in [0.2, 0.25) is 0 Å². The van der Waals surface area contributed by atoms with E-state index in [-0.39, 0.29) is 17.2 Å². The molecule has 3 amide bonds. The van der Waals surface area contributed by atoms with Gasteiger partial charge in [0.15, 0.2) is 5.76 Å². The summed E-state index contributed by atoms with van der Waals surface area (Å²) in [5, 5.41) is 13.0. The maximum absolute atomic E-state index is 13.0. The molecule has 0 bridgehead atoms. The van der Waals surface area contributed by atoms with Gasteiger partial charge in [0.2, 0.25) is 5.91 Å². The summed E-state index contributed by atoms with van der Waals surface area (Å²) in [6, 6.07) is 13.0. The maximum Gasteiger partial charge on any atom is 0.301 e. The number of aliphatic hydroxyl groups excluding tert-OH is 1. The molecule has 0 spiro atoms. The van der Waals surface area contributed by atoms with E-state index in [9.17, 15) is 19.5 Å². The lowest BCUT2D eigenvalue weighted by Crippen LogP contribution is -2.32. The summed E-state index contributed by atoms with van der Waals surface area (Å²) in [6.45, 7) is 3.77. The van der Waals surface area contributed by atoms with E-state index in [4.69, 9.17) is 4.74 Å². The van der Waals surface area contributed by atoms with Gasteiger partial charge in [-0.2, -0.15) is 0 Å². The van der Waals surface area contributed by atoms with E-state index in [1.54, 1.807) is 48.5 Å². The highest BCUT2D eigenvalue weighted by Crippen LogP contribution is 2.36. The minimum absolute atomic E-state index is 0.0929. The first-order valence-corrected chi connectivity index (χ1v) is 8.86. The Bertz CT molecular complexity index is 963. The van der Waals surface area contributed by atoms with E-state index in [0.29, 0.717) is 23.6 Å². The number of carbonyl (C=O) groups excluding carboxylic acids is 3. The molecule has 1 aliphatic rings. The lowest BCUT2D eigenvalue weighted by atomic mass is 10.0. The average molecular weight is 380 g/mol. The smallest absolute Gasteiger partial charge is 0.301 e. The molecule has 0 fully saturated rings. The van der Waals surface area contributed by atoms with Crippen LogP contribution in [0.25, 0.3) is 5.57 Å². The number of carbonyl (C=O) groups is 3. The summed E-state index contributed by atoms with van der Waals surface area (Å²) in [7, 11) is 0. The van der Waals surface area contributed by atoms with Crippen LogP contribution in [0, 0.1) is 0 Å². The standard InChI is InChI=1S/C21H20N2O5/c1-3-12-28-17-7-5-4-6-16(17)23-20(26)18(19(25)21(23)27)14-8-10-15(11-9-14)22-13(2)24/h4-11,25H,3,12H2,1-2H3,(H,22,24). The second kappa shape index (κ2) is 7.96. The van der Waals surface area contributed by atoms with Crippen LogP contribution in [0.4, 0.5) is 11.4 Å². The zero-order valence-corrected chi connectivity index (χ0v) is 15.6. The number of para-hydroxylation sites is 2. The number of aliphatic hydroxyl groups is 1. The molecule has 2 N–H and O–H groups in total. The highest BCUT2D eigenvalue weighted by Gasteiger charge is 2.41. The van der Waals surface area contributed by atoms with Crippen molar-refractivity contribution < 1.29 is 24.2 Å². The molecule has 2 aromatic rings. The Morgan fingerprint density at radius 2 is 1.75 bits per heavy atom. The van der Waals surface area contributed by atoms with Crippen molar-refractivity contribution in [3.05, 3.63) is 59.9 Å². The number of nitrogens with zero attached hydrogens (tertiary/aromatic N) is 1. The summed E-state index contributed by atoms with van der Waals surface area (Å²) < 4.78 is 5.64. The lowest BCUT2D eigenvalue weighted by Gasteiger charge is -2.18. The Kier molecular flexibility index (Phi) is 5.44. The van der Waals surface area contributed by atoms with Gasteiger partial charge in [-0.1, -0.05) is 31.2 Å². The highest BCUT2D eigenvalue weighted by molar-refractivity contribution is 6.45. The quantitative estimate of drug-likeness (QED) is 0.750. The number of imide groups is 1. The Balaban J connectivity index is 1.94. The number of hydrogen-bond acceptors (Lipinski definition) is 5. The predicted octanol–water partition coefficient (Wildman–Crippen LogP) is 3.28. The van der Waals surface area contributed by atoms with Crippen LogP contribution in [0.15, 0.2) is 54.3 Å². The molecule has 0 radical (unpaired) electrons. The van der Waals surface area contributed by atoms with Gasteiger partial charge in [-0.05, 0) is 36.2 Å². The summed E-state index contributed by atoms with van der Waals surface area (Å²) in [4.78, 5) is 37.6. The Hall–Kier alpha value is -3.61. The van der Waals surface area contributed by atoms with Crippen LogP contribution in [0.5, 0.6) is 5.75 Å². The number of rotatable bonds is 6. The van der Waals surface area contributed by atoms with Crippen LogP contribution >= 0.6 is 0 Å². The van der Waals surface area contributed by atoms with E-state index >= 15 is 0 Å². The van der Waals surface area contributed by atoms with Gasteiger partial charge in [0.1, 0.15) is 5.75 Å². The van der Waals surface area contributed by atoms with Crippen LogP contribution in [-0.4, -0.2) is 29.4 Å². The minimum Gasteiger partial charge on any atom is -0.502 e. The van der Waals surface area contributed by atoms with Gasteiger partial charge < -0.3 is 15.2 Å². The number of ether oxygens (including phenoxy) is 1. The van der Waals surface area contributed by atoms with Gasteiger partial charge in [0, 0.05) is 12.6 Å². The Morgan fingerprint density at radius 3 is 2.39 bits per heavy atom. The molecule has 0 atom stereocenters. The fourth-order valence-corrected chi connectivity index (χ4v) is 2.90. The molecule has 0 aromatic heterocycles. The van der Waals surface area contributed by atoms with E-state index in [1.807, 2.05) is 6.92 Å². The van der Waals surface area contributed by atoms with Crippen molar-refractivity contribution in [2.75, 3.05) is 16.8 Å². The van der Waals surface area contributed by atoms with E-state index in [1.165, 1.54) is 6.92 Å². The third-order valence-electron chi connectivity index (χ3n) is 4.12. The van der Waals surface area contributed by atoms with E-state index in [0.717, 1.165) is 11.3 Å². The predicted molar refractivity (Wildman–Crippen MR) is 105 cm³/mol. The van der Waals surface area contributed by atoms with Crippen molar-refractivity contribution in [2.24, 2.45) is 0 Å². The van der Waals surface area contributed by atoms with Crippen molar-refractivity contribution in [3.63, 3.8) is 0 Å². The molecule has 3 rings (SSSR count). The van der Waals surface area contributed by atoms with Gasteiger partial charge in [-0.15, -0.1) is 0 Å². The number of nitrogens with one attached hydrogen (secondary N) is 1. The number of anilines is 2. The second-order valence-electron chi connectivity index (χ2n) is 6.24. The monoisotopic (exact) mass is 380 g/mol. The highest BCUT2D eigenvalue weighted by atomic mass is 16.5. The largest absolute Gasteiger partial charge is 0.502 e. The third-order valence-corrected chi connectivity index (χ3v) is 4.12. The number of amides is 3. The van der Waals surface area contributed by atoms with E-state index in [2.05, 4.69) is 5.32 Å². The molecule has 7 nitrogen and oxygen atoms in total. The van der Waals surface area contributed by atoms with Gasteiger partial charge in [-0.25, -0.2) is 4.90 Å². The van der Waals surface area contributed by atoms with Crippen molar-refractivity contribution in [2.45, 2.75) is 20.3 Å². The minimum atomic E-state index is -0.807. The first-order valence-electron chi connectivity index (χ1n) is 8.86. The average Bonchev–Trinajstić information content (AvgIpc) is 2.89. The SMILES string of the molecule is CCCOc1ccccc1N1C(=O)C(O)=C(c2ccc(NC(C)=O)cc2)C1=O. The first-order chi connectivity index (χ1) is 13.4. The van der Waals surface area contributed by atoms with Crippen LogP contribution in [0.3, 0.4) is 0 Å².